The lowest BCUT2D eigenvalue weighted by Crippen LogP contribution is -2.28. The summed E-state index contributed by atoms with van der Waals surface area (Å²) < 4.78 is 0. The molecule has 4 heteroatoms. The van der Waals surface area contributed by atoms with Crippen molar-refractivity contribution in [3.63, 3.8) is 0 Å². The Kier molecular flexibility index (Phi) is 4.80. The fourth-order valence-electron chi connectivity index (χ4n) is 0.898. The van der Waals surface area contributed by atoms with Crippen LogP contribution in [0.25, 0.3) is 0 Å². The Morgan fingerprint density at radius 2 is 1.92 bits per heavy atom. The summed E-state index contributed by atoms with van der Waals surface area (Å²) in [5.74, 6) is -1.11. The monoisotopic (exact) mass is 185 g/mol. The van der Waals surface area contributed by atoms with E-state index in [1.165, 1.54) is 4.90 Å². The Morgan fingerprint density at radius 1 is 1.38 bits per heavy atom. The van der Waals surface area contributed by atoms with Crippen LogP contribution >= 0.6 is 0 Å². The molecule has 0 fully saturated rings. The Morgan fingerprint density at radius 3 is 2.31 bits per heavy atom. The quantitative estimate of drug-likeness (QED) is 0.647. The van der Waals surface area contributed by atoms with Crippen molar-refractivity contribution in [2.24, 2.45) is 0 Å². The molecule has 74 valence electrons. The lowest BCUT2D eigenvalue weighted by atomic mass is 10.2. The predicted molar refractivity (Wildman–Crippen MR) is 49.3 cm³/mol. The van der Waals surface area contributed by atoms with Crippen LogP contribution in [0.5, 0.6) is 0 Å². The molecular weight excluding hydrogens is 170 g/mol. The van der Waals surface area contributed by atoms with E-state index >= 15 is 0 Å². The molecule has 0 rings (SSSR count). The normalized spacial score (nSPS) is 9.38. The molecule has 0 spiro atoms. The number of carbonyl (C=O) groups is 2. The summed E-state index contributed by atoms with van der Waals surface area (Å²) in [6.07, 6.45) is -0.0571. The number of nitrogens with zero attached hydrogens (tertiary/aromatic N) is 1. The fourth-order valence-corrected chi connectivity index (χ4v) is 0.898. The summed E-state index contributed by atoms with van der Waals surface area (Å²) in [4.78, 5) is 22.8. The maximum Gasteiger partial charge on any atom is 0.303 e. The minimum atomic E-state index is -0.947. The molecule has 0 unspecified atom stereocenters. The second-order valence-corrected chi connectivity index (χ2v) is 3.10. The molecule has 13 heavy (non-hydrogen) atoms. The summed E-state index contributed by atoms with van der Waals surface area (Å²) >= 11 is 0. The van der Waals surface area contributed by atoms with Gasteiger partial charge in [0.25, 0.3) is 0 Å². The van der Waals surface area contributed by atoms with Gasteiger partial charge in [0.2, 0.25) is 5.91 Å². The van der Waals surface area contributed by atoms with E-state index in [1.807, 2.05) is 6.92 Å². The van der Waals surface area contributed by atoms with Crippen molar-refractivity contribution >= 4 is 11.9 Å². The van der Waals surface area contributed by atoms with Crippen molar-refractivity contribution in [3.8, 4) is 0 Å². The zero-order valence-corrected chi connectivity index (χ0v) is 8.04. The van der Waals surface area contributed by atoms with Crippen LogP contribution in [-0.2, 0) is 9.59 Å². The number of carboxylic acid groups (broad SMARTS) is 1. The number of rotatable bonds is 5. The van der Waals surface area contributed by atoms with Crippen LogP contribution in [0.2, 0.25) is 0 Å². The summed E-state index contributed by atoms with van der Waals surface area (Å²) in [5, 5.41) is 8.34. The van der Waals surface area contributed by atoms with E-state index in [4.69, 9.17) is 5.11 Å². The molecule has 1 N–H and O–H groups in total. The lowest BCUT2D eigenvalue weighted by molar-refractivity contribution is -0.140. The largest absolute Gasteiger partial charge is 0.481 e. The number of amides is 1. The molecule has 0 aliphatic heterocycles. The van der Waals surface area contributed by atoms with Crippen LogP contribution in [0.15, 0.2) is 12.2 Å². The smallest absolute Gasteiger partial charge is 0.303 e. The van der Waals surface area contributed by atoms with E-state index in [1.54, 1.807) is 7.05 Å². The van der Waals surface area contributed by atoms with Gasteiger partial charge in [-0.15, -0.1) is 0 Å². The van der Waals surface area contributed by atoms with Crippen LogP contribution in [0.1, 0.15) is 19.8 Å². The van der Waals surface area contributed by atoms with Gasteiger partial charge in [-0.3, -0.25) is 9.59 Å². The van der Waals surface area contributed by atoms with Crippen molar-refractivity contribution < 1.29 is 14.7 Å². The molecule has 0 heterocycles. The Labute approximate surface area is 77.8 Å². The average molecular weight is 185 g/mol. The van der Waals surface area contributed by atoms with E-state index < -0.39 is 5.97 Å². The first-order valence-corrected chi connectivity index (χ1v) is 4.03. The van der Waals surface area contributed by atoms with Crippen molar-refractivity contribution in [3.05, 3.63) is 12.2 Å². The highest BCUT2D eigenvalue weighted by molar-refractivity contribution is 5.80. The van der Waals surface area contributed by atoms with Crippen LogP contribution < -0.4 is 0 Å². The van der Waals surface area contributed by atoms with E-state index in [2.05, 4.69) is 6.58 Å². The first kappa shape index (κ1) is 11.7. The van der Waals surface area contributed by atoms with Gasteiger partial charge in [-0.05, 0) is 6.92 Å². The topological polar surface area (TPSA) is 57.6 Å². The van der Waals surface area contributed by atoms with Gasteiger partial charge in [-0.2, -0.15) is 0 Å². The van der Waals surface area contributed by atoms with Gasteiger partial charge in [0.15, 0.2) is 0 Å². The molecule has 0 aliphatic carbocycles. The maximum absolute atomic E-state index is 11.2. The maximum atomic E-state index is 11.2. The van der Waals surface area contributed by atoms with Crippen LogP contribution in [0.4, 0.5) is 0 Å². The summed E-state index contributed by atoms with van der Waals surface area (Å²) in [6.45, 7) is 5.97. The van der Waals surface area contributed by atoms with Gasteiger partial charge in [0.05, 0.1) is 6.42 Å². The minimum Gasteiger partial charge on any atom is -0.481 e. The van der Waals surface area contributed by atoms with Gasteiger partial charge in [0.1, 0.15) is 0 Å². The molecule has 0 radical (unpaired) electrons. The first-order valence-electron chi connectivity index (χ1n) is 4.03. The third-order valence-corrected chi connectivity index (χ3v) is 1.49. The third-order valence-electron chi connectivity index (χ3n) is 1.49. The van der Waals surface area contributed by atoms with Gasteiger partial charge < -0.3 is 10.0 Å². The number of likely N-dealkylation sites (N-methyl/N-ethyl adjacent to an activating group) is 1. The van der Waals surface area contributed by atoms with Crippen molar-refractivity contribution in [1.29, 1.82) is 0 Å². The van der Waals surface area contributed by atoms with E-state index in [0.717, 1.165) is 5.57 Å². The highest BCUT2D eigenvalue weighted by Crippen LogP contribution is 1.98. The third kappa shape index (κ3) is 5.90. The van der Waals surface area contributed by atoms with Crippen molar-refractivity contribution in [1.82, 2.24) is 4.90 Å². The van der Waals surface area contributed by atoms with E-state index in [-0.39, 0.29) is 18.7 Å². The summed E-state index contributed by atoms with van der Waals surface area (Å²) in [5.41, 5.74) is 0.881. The standard InChI is InChI=1S/C9H15NO3/c1-7(2)6-10(3)8(11)4-5-9(12)13/h1,4-6H2,2-3H3,(H,12,13). The highest BCUT2D eigenvalue weighted by atomic mass is 16.4. The number of carboxylic acids is 1. The average Bonchev–Trinajstić information content (AvgIpc) is 1.98. The lowest BCUT2D eigenvalue weighted by Gasteiger charge is -2.16. The first-order chi connectivity index (χ1) is 5.93. The zero-order chi connectivity index (χ0) is 10.4. The Hall–Kier alpha value is -1.32. The second kappa shape index (κ2) is 5.35. The molecule has 0 aromatic rings. The Balaban J connectivity index is 3.82. The summed E-state index contributed by atoms with van der Waals surface area (Å²) in [6, 6.07) is 0. The molecule has 0 aromatic carbocycles. The van der Waals surface area contributed by atoms with Crippen LogP contribution in [0, 0.1) is 0 Å². The fraction of sp³-hybridized carbons (Fsp3) is 0.556. The number of aliphatic carboxylic acids is 1. The van der Waals surface area contributed by atoms with Crippen molar-refractivity contribution in [2.75, 3.05) is 13.6 Å². The van der Waals surface area contributed by atoms with E-state index in [9.17, 15) is 9.59 Å². The second-order valence-electron chi connectivity index (χ2n) is 3.10. The SMILES string of the molecule is C=C(C)CN(C)C(=O)CCC(=O)O. The predicted octanol–water partition coefficient (Wildman–Crippen LogP) is 0.886. The molecule has 0 aromatic heterocycles. The van der Waals surface area contributed by atoms with Crippen LogP contribution in [0.3, 0.4) is 0 Å². The molecule has 4 nitrogen and oxygen atoms in total. The van der Waals surface area contributed by atoms with Crippen molar-refractivity contribution in [2.45, 2.75) is 19.8 Å². The molecule has 1 amide bonds. The van der Waals surface area contributed by atoms with Gasteiger partial charge in [-0.25, -0.2) is 0 Å². The van der Waals surface area contributed by atoms with Gasteiger partial charge in [0, 0.05) is 20.0 Å². The van der Waals surface area contributed by atoms with E-state index in [0.29, 0.717) is 6.54 Å². The van der Waals surface area contributed by atoms with Crippen LogP contribution in [-0.4, -0.2) is 35.5 Å². The number of carbonyl (C=O) groups excluding carboxylic acids is 1. The number of hydrogen-bond donors (Lipinski definition) is 1. The molecular formula is C9H15NO3. The molecule has 0 saturated carbocycles. The molecule has 0 atom stereocenters. The number of hydrogen-bond acceptors (Lipinski definition) is 2. The Bertz CT molecular complexity index is 223. The zero-order valence-electron chi connectivity index (χ0n) is 8.04. The highest BCUT2D eigenvalue weighted by Gasteiger charge is 2.09. The molecule has 0 aliphatic rings. The molecule has 0 bridgehead atoms. The van der Waals surface area contributed by atoms with Gasteiger partial charge in [-0.1, -0.05) is 12.2 Å². The van der Waals surface area contributed by atoms with Gasteiger partial charge >= 0.3 is 5.97 Å². The minimum absolute atomic E-state index is 0.0547. The molecule has 0 saturated heterocycles. The summed E-state index contributed by atoms with van der Waals surface area (Å²) in [7, 11) is 1.64.